The largest absolute Gasteiger partial charge is 0.497 e. The first-order valence-corrected chi connectivity index (χ1v) is 8.84. The lowest BCUT2D eigenvalue weighted by atomic mass is 10.1. The molecule has 0 atom stereocenters. The van der Waals surface area contributed by atoms with Gasteiger partial charge in [0.25, 0.3) is 0 Å². The van der Waals surface area contributed by atoms with E-state index in [1.165, 1.54) is 11.6 Å². The number of hydrogen-bond acceptors (Lipinski definition) is 5. The maximum absolute atomic E-state index is 13.7. The lowest BCUT2D eigenvalue weighted by Gasteiger charge is -2.10. The molecule has 0 radical (unpaired) electrons. The molecule has 0 saturated heterocycles. The highest BCUT2D eigenvalue weighted by atomic mass is 19.1. The highest BCUT2D eigenvalue weighted by molar-refractivity contribution is 5.43. The van der Waals surface area contributed by atoms with Crippen molar-refractivity contribution in [2.24, 2.45) is 0 Å². The Labute approximate surface area is 158 Å². The van der Waals surface area contributed by atoms with Gasteiger partial charge in [0.05, 0.1) is 7.11 Å². The van der Waals surface area contributed by atoms with E-state index in [1.807, 2.05) is 43.3 Å². The number of benzene rings is 2. The number of aryl methyl sites for hydroxylation is 1. The van der Waals surface area contributed by atoms with E-state index in [-0.39, 0.29) is 5.82 Å². The molecule has 0 saturated carbocycles. The summed E-state index contributed by atoms with van der Waals surface area (Å²) in [5.41, 5.74) is 2.64. The molecule has 0 aliphatic carbocycles. The molecule has 0 aliphatic rings. The standard InChI is InChI=1S/C21H23FN4O/c1-15-13-20(24-14-17-5-3-4-6-19(17)22)26-21(25-15)23-12-11-16-7-9-18(27-2)10-8-16/h3-10,13H,11-12,14H2,1-2H3,(H2,23,24,25,26). The smallest absolute Gasteiger partial charge is 0.224 e. The molecule has 1 aromatic heterocycles. The van der Waals surface area contributed by atoms with Crippen molar-refractivity contribution in [3.8, 4) is 5.75 Å². The van der Waals surface area contributed by atoms with Crippen LogP contribution in [0.3, 0.4) is 0 Å². The molecule has 27 heavy (non-hydrogen) atoms. The van der Waals surface area contributed by atoms with Gasteiger partial charge in [0.2, 0.25) is 5.95 Å². The minimum absolute atomic E-state index is 0.228. The second-order valence-corrected chi connectivity index (χ2v) is 6.19. The lowest BCUT2D eigenvalue weighted by Crippen LogP contribution is -2.11. The Kier molecular flexibility index (Phi) is 6.20. The fourth-order valence-corrected chi connectivity index (χ4v) is 2.68. The van der Waals surface area contributed by atoms with Crippen molar-refractivity contribution in [1.29, 1.82) is 0 Å². The first-order valence-electron chi connectivity index (χ1n) is 8.84. The van der Waals surface area contributed by atoms with E-state index < -0.39 is 0 Å². The van der Waals surface area contributed by atoms with Gasteiger partial charge in [-0.2, -0.15) is 4.98 Å². The van der Waals surface area contributed by atoms with Gasteiger partial charge < -0.3 is 15.4 Å². The molecule has 5 nitrogen and oxygen atoms in total. The Morgan fingerprint density at radius 3 is 2.52 bits per heavy atom. The third kappa shape index (κ3) is 5.41. The van der Waals surface area contributed by atoms with Gasteiger partial charge >= 0.3 is 0 Å². The zero-order chi connectivity index (χ0) is 19.1. The fraction of sp³-hybridized carbons (Fsp3) is 0.238. The first kappa shape index (κ1) is 18.6. The van der Waals surface area contributed by atoms with E-state index in [9.17, 15) is 4.39 Å². The van der Waals surface area contributed by atoms with Crippen LogP contribution in [-0.2, 0) is 13.0 Å². The summed E-state index contributed by atoms with van der Waals surface area (Å²) in [5, 5.41) is 6.40. The first-order chi connectivity index (χ1) is 13.1. The molecule has 1 heterocycles. The van der Waals surface area contributed by atoms with Crippen LogP contribution in [0.15, 0.2) is 54.6 Å². The van der Waals surface area contributed by atoms with Gasteiger partial charge in [0.15, 0.2) is 0 Å². The van der Waals surface area contributed by atoms with E-state index in [4.69, 9.17) is 4.74 Å². The van der Waals surface area contributed by atoms with E-state index in [2.05, 4.69) is 20.6 Å². The molecule has 2 aromatic carbocycles. The number of anilines is 2. The van der Waals surface area contributed by atoms with Crippen molar-refractivity contribution in [3.63, 3.8) is 0 Å². The topological polar surface area (TPSA) is 59.1 Å². The molecule has 3 aromatic rings. The van der Waals surface area contributed by atoms with E-state index in [0.717, 1.165) is 17.9 Å². The quantitative estimate of drug-likeness (QED) is 0.626. The van der Waals surface area contributed by atoms with Crippen LogP contribution in [0.4, 0.5) is 16.2 Å². The van der Waals surface area contributed by atoms with Gasteiger partial charge in [0, 0.05) is 30.4 Å². The average molecular weight is 366 g/mol. The minimum atomic E-state index is -0.228. The molecule has 0 amide bonds. The van der Waals surface area contributed by atoms with Crippen LogP contribution in [0, 0.1) is 12.7 Å². The number of ether oxygens (including phenoxy) is 1. The lowest BCUT2D eigenvalue weighted by molar-refractivity contribution is 0.414. The van der Waals surface area contributed by atoms with Gasteiger partial charge in [-0.3, -0.25) is 0 Å². The zero-order valence-electron chi connectivity index (χ0n) is 15.5. The van der Waals surface area contributed by atoms with Crippen LogP contribution in [0.2, 0.25) is 0 Å². The monoisotopic (exact) mass is 366 g/mol. The van der Waals surface area contributed by atoms with Crippen LogP contribution in [-0.4, -0.2) is 23.6 Å². The molecule has 6 heteroatoms. The number of halogens is 1. The molecule has 0 spiro atoms. The highest BCUT2D eigenvalue weighted by Crippen LogP contribution is 2.14. The third-order valence-corrected chi connectivity index (χ3v) is 4.13. The summed E-state index contributed by atoms with van der Waals surface area (Å²) in [6.07, 6.45) is 0.847. The molecular formula is C21H23FN4O. The predicted molar refractivity (Wildman–Crippen MR) is 106 cm³/mol. The Morgan fingerprint density at radius 1 is 1.00 bits per heavy atom. The zero-order valence-corrected chi connectivity index (χ0v) is 15.5. The summed E-state index contributed by atoms with van der Waals surface area (Å²) in [5.74, 6) is 1.84. The van der Waals surface area contributed by atoms with Crippen LogP contribution in [0.25, 0.3) is 0 Å². The summed E-state index contributed by atoms with van der Waals surface area (Å²) in [4.78, 5) is 8.87. The fourth-order valence-electron chi connectivity index (χ4n) is 2.68. The Bertz CT molecular complexity index is 884. The highest BCUT2D eigenvalue weighted by Gasteiger charge is 2.05. The van der Waals surface area contributed by atoms with Gasteiger partial charge in [-0.05, 0) is 37.1 Å². The summed E-state index contributed by atoms with van der Waals surface area (Å²) in [6.45, 7) is 2.99. The number of aromatic nitrogens is 2. The molecule has 140 valence electrons. The van der Waals surface area contributed by atoms with E-state index in [0.29, 0.717) is 30.4 Å². The Morgan fingerprint density at radius 2 is 1.78 bits per heavy atom. The summed E-state index contributed by atoms with van der Waals surface area (Å²) < 4.78 is 18.9. The number of nitrogens with one attached hydrogen (secondary N) is 2. The number of methoxy groups -OCH3 is 1. The molecule has 0 bridgehead atoms. The maximum atomic E-state index is 13.7. The Balaban J connectivity index is 1.57. The van der Waals surface area contributed by atoms with Crippen molar-refractivity contribution in [2.45, 2.75) is 19.9 Å². The summed E-state index contributed by atoms with van der Waals surface area (Å²) in [6, 6.07) is 16.5. The molecule has 0 unspecified atom stereocenters. The van der Waals surface area contributed by atoms with Crippen LogP contribution < -0.4 is 15.4 Å². The van der Waals surface area contributed by atoms with E-state index in [1.54, 1.807) is 19.2 Å². The normalized spacial score (nSPS) is 10.5. The average Bonchev–Trinajstić information content (AvgIpc) is 2.67. The van der Waals surface area contributed by atoms with Crippen LogP contribution in [0.5, 0.6) is 5.75 Å². The maximum Gasteiger partial charge on any atom is 0.224 e. The van der Waals surface area contributed by atoms with Gasteiger partial charge in [0.1, 0.15) is 17.4 Å². The van der Waals surface area contributed by atoms with Crippen LogP contribution >= 0.6 is 0 Å². The van der Waals surface area contributed by atoms with Gasteiger partial charge in [-0.15, -0.1) is 0 Å². The molecular weight excluding hydrogens is 343 g/mol. The minimum Gasteiger partial charge on any atom is -0.497 e. The molecule has 0 aliphatic heterocycles. The van der Waals surface area contributed by atoms with Crippen molar-refractivity contribution < 1.29 is 9.13 Å². The van der Waals surface area contributed by atoms with Crippen LogP contribution in [0.1, 0.15) is 16.8 Å². The van der Waals surface area contributed by atoms with Crippen molar-refractivity contribution in [2.75, 3.05) is 24.3 Å². The van der Waals surface area contributed by atoms with Crippen molar-refractivity contribution in [3.05, 3.63) is 77.2 Å². The summed E-state index contributed by atoms with van der Waals surface area (Å²) >= 11 is 0. The second kappa shape index (κ2) is 8.98. The Hall–Kier alpha value is -3.15. The molecule has 2 N–H and O–H groups in total. The predicted octanol–water partition coefficient (Wildman–Crippen LogP) is 4.20. The van der Waals surface area contributed by atoms with Gasteiger partial charge in [-0.1, -0.05) is 30.3 Å². The number of nitrogens with zero attached hydrogens (tertiary/aromatic N) is 2. The number of rotatable bonds is 8. The molecule has 0 fully saturated rings. The van der Waals surface area contributed by atoms with Crippen molar-refractivity contribution in [1.82, 2.24) is 9.97 Å². The SMILES string of the molecule is COc1ccc(CCNc2nc(C)cc(NCc3ccccc3F)n2)cc1. The molecule has 3 rings (SSSR count). The third-order valence-electron chi connectivity index (χ3n) is 4.13. The second-order valence-electron chi connectivity index (χ2n) is 6.19. The van der Waals surface area contributed by atoms with E-state index >= 15 is 0 Å². The van der Waals surface area contributed by atoms with Gasteiger partial charge in [-0.25, -0.2) is 9.37 Å². The number of hydrogen-bond donors (Lipinski definition) is 2. The summed E-state index contributed by atoms with van der Waals surface area (Å²) in [7, 11) is 1.66. The van der Waals surface area contributed by atoms with Crippen molar-refractivity contribution >= 4 is 11.8 Å².